The van der Waals surface area contributed by atoms with Gasteiger partial charge in [0.1, 0.15) is 11.4 Å². The number of hydrogen-bond acceptors (Lipinski definition) is 7. The maximum absolute atomic E-state index is 12.5. The zero-order valence-electron chi connectivity index (χ0n) is 19.1. The molecule has 1 aromatic heterocycles. The van der Waals surface area contributed by atoms with E-state index in [1.165, 1.54) is 17.7 Å². The predicted octanol–water partition coefficient (Wildman–Crippen LogP) is 3.97. The molecule has 178 valence electrons. The summed E-state index contributed by atoms with van der Waals surface area (Å²) in [6.45, 7) is 5.10. The molecule has 3 aromatic rings. The van der Waals surface area contributed by atoms with Crippen LogP contribution in [-0.4, -0.2) is 66.9 Å². The first-order chi connectivity index (χ1) is 16.6. The Kier molecular flexibility index (Phi) is 7.56. The molecule has 1 saturated heterocycles. The molecule has 0 saturated carbocycles. The highest BCUT2D eigenvalue weighted by Gasteiger charge is 2.23. The third kappa shape index (κ3) is 5.44. The number of carbonyl (C=O) groups is 1. The summed E-state index contributed by atoms with van der Waals surface area (Å²) >= 11 is 0. The maximum atomic E-state index is 12.5. The number of methoxy groups -OCH3 is 1. The third-order valence-electron chi connectivity index (χ3n) is 5.84. The Hall–Kier alpha value is -3.69. The van der Waals surface area contributed by atoms with Crippen LogP contribution in [0.4, 0.5) is 11.4 Å². The molecule has 1 N–H and O–H groups in total. The van der Waals surface area contributed by atoms with Gasteiger partial charge in [0, 0.05) is 43.1 Å². The van der Waals surface area contributed by atoms with Crippen molar-refractivity contribution < 1.29 is 19.2 Å². The van der Waals surface area contributed by atoms with Crippen LogP contribution in [0.3, 0.4) is 0 Å². The van der Waals surface area contributed by atoms with Crippen molar-refractivity contribution in [2.45, 2.75) is 6.42 Å². The summed E-state index contributed by atoms with van der Waals surface area (Å²) in [6, 6.07) is 16.1. The van der Waals surface area contributed by atoms with E-state index in [0.29, 0.717) is 5.69 Å². The topological polar surface area (TPSA) is 98.9 Å². The minimum Gasteiger partial charge on any atom is -0.464 e. The molecule has 0 unspecified atom stereocenters. The summed E-state index contributed by atoms with van der Waals surface area (Å²) < 4.78 is 11.9. The van der Waals surface area contributed by atoms with Crippen LogP contribution < -0.4 is 5.32 Å². The van der Waals surface area contributed by atoms with Crippen LogP contribution in [0.5, 0.6) is 0 Å². The smallest absolute Gasteiger partial charge is 0.355 e. The van der Waals surface area contributed by atoms with Crippen LogP contribution in [-0.2, 0) is 9.47 Å². The lowest BCUT2D eigenvalue weighted by atomic mass is 10.1. The van der Waals surface area contributed by atoms with Gasteiger partial charge in [-0.1, -0.05) is 30.3 Å². The van der Waals surface area contributed by atoms with E-state index in [1.807, 2.05) is 30.3 Å². The molecule has 1 fully saturated rings. The molecule has 2 heterocycles. The summed E-state index contributed by atoms with van der Waals surface area (Å²) in [6.07, 6.45) is 2.66. The van der Waals surface area contributed by atoms with Gasteiger partial charge in [-0.3, -0.25) is 15.0 Å². The summed E-state index contributed by atoms with van der Waals surface area (Å²) in [7, 11) is 1.29. The van der Waals surface area contributed by atoms with E-state index in [0.717, 1.165) is 62.6 Å². The van der Waals surface area contributed by atoms with Crippen LogP contribution in [0.2, 0.25) is 0 Å². The number of nitrogens with zero attached hydrogens (tertiary/aromatic N) is 3. The van der Waals surface area contributed by atoms with Crippen molar-refractivity contribution in [2.24, 2.45) is 0 Å². The second kappa shape index (κ2) is 11.0. The molecular weight excluding hydrogens is 436 g/mol. The van der Waals surface area contributed by atoms with Crippen molar-refractivity contribution >= 4 is 17.3 Å². The second-order valence-electron chi connectivity index (χ2n) is 8.04. The molecule has 0 bridgehead atoms. The number of ether oxygens (including phenoxy) is 2. The summed E-state index contributed by atoms with van der Waals surface area (Å²) in [5, 5.41) is 15.2. The Bertz CT molecular complexity index is 1140. The monoisotopic (exact) mass is 464 g/mol. The molecule has 0 aliphatic carbocycles. The quantitative estimate of drug-likeness (QED) is 0.221. The largest absolute Gasteiger partial charge is 0.464 e. The fraction of sp³-hybridized carbons (Fsp3) is 0.320. The minimum absolute atomic E-state index is 0.0979. The number of nitrogens with one attached hydrogen (secondary N) is 1. The molecule has 1 aliphatic heterocycles. The van der Waals surface area contributed by atoms with Crippen molar-refractivity contribution in [1.82, 2.24) is 9.47 Å². The normalized spacial score (nSPS) is 14.0. The molecule has 34 heavy (non-hydrogen) atoms. The van der Waals surface area contributed by atoms with Crippen molar-refractivity contribution in [1.29, 1.82) is 0 Å². The van der Waals surface area contributed by atoms with Gasteiger partial charge in [0.05, 0.1) is 25.2 Å². The number of morpholine rings is 1. The molecule has 4 rings (SSSR count). The van der Waals surface area contributed by atoms with E-state index in [1.54, 1.807) is 24.4 Å². The number of nitro groups is 1. The van der Waals surface area contributed by atoms with Gasteiger partial charge >= 0.3 is 5.97 Å². The highest BCUT2D eigenvalue weighted by Crippen LogP contribution is 2.31. The van der Waals surface area contributed by atoms with E-state index >= 15 is 0 Å². The molecule has 9 heteroatoms. The van der Waals surface area contributed by atoms with Crippen LogP contribution in [0.1, 0.15) is 16.9 Å². The lowest BCUT2D eigenvalue weighted by Gasteiger charge is -2.26. The number of rotatable bonds is 9. The fourth-order valence-corrected chi connectivity index (χ4v) is 4.05. The van der Waals surface area contributed by atoms with Gasteiger partial charge in [-0.25, -0.2) is 4.79 Å². The summed E-state index contributed by atoms with van der Waals surface area (Å²) in [5.74, 6) is -0.569. The van der Waals surface area contributed by atoms with Gasteiger partial charge < -0.3 is 19.4 Å². The average Bonchev–Trinajstić information content (AvgIpc) is 3.32. The van der Waals surface area contributed by atoms with Crippen molar-refractivity contribution in [2.75, 3.05) is 51.8 Å². The molecule has 9 nitrogen and oxygen atoms in total. The molecule has 0 radical (unpaired) electrons. The van der Waals surface area contributed by atoms with Gasteiger partial charge in [0.2, 0.25) is 0 Å². The number of benzene rings is 2. The average molecular weight is 465 g/mol. The number of aromatic nitrogens is 1. The first-order valence-corrected chi connectivity index (χ1v) is 11.3. The first-order valence-electron chi connectivity index (χ1n) is 11.3. The Labute approximate surface area is 198 Å². The second-order valence-corrected chi connectivity index (χ2v) is 8.04. The van der Waals surface area contributed by atoms with Gasteiger partial charge in [0.25, 0.3) is 5.69 Å². The van der Waals surface area contributed by atoms with Crippen LogP contribution in [0.15, 0.2) is 60.8 Å². The SMILES string of the molecule is COC(=O)c1cc(-c2ccccc2)cn1-c1cc(NCCCN2CCOCC2)ccc1[N+](=O)[O-]. The fourth-order valence-electron chi connectivity index (χ4n) is 4.05. The number of carbonyl (C=O) groups excluding carboxylic acids is 1. The van der Waals surface area contributed by atoms with E-state index in [2.05, 4.69) is 10.2 Å². The number of anilines is 1. The van der Waals surface area contributed by atoms with E-state index in [-0.39, 0.29) is 11.4 Å². The molecule has 1 aliphatic rings. The Morgan fingerprint density at radius 1 is 1.12 bits per heavy atom. The molecule has 2 aromatic carbocycles. The van der Waals surface area contributed by atoms with Gasteiger partial charge in [-0.15, -0.1) is 0 Å². The van der Waals surface area contributed by atoms with Crippen LogP contribution in [0, 0.1) is 10.1 Å². The molecule has 0 amide bonds. The lowest BCUT2D eigenvalue weighted by Crippen LogP contribution is -2.37. The van der Waals surface area contributed by atoms with Gasteiger partial charge in [0.15, 0.2) is 0 Å². The van der Waals surface area contributed by atoms with E-state index in [9.17, 15) is 14.9 Å². The molecule has 0 spiro atoms. The van der Waals surface area contributed by atoms with E-state index < -0.39 is 10.9 Å². The van der Waals surface area contributed by atoms with Crippen LogP contribution in [0.25, 0.3) is 16.8 Å². The minimum atomic E-state index is -0.569. The number of esters is 1. The Morgan fingerprint density at radius 3 is 2.59 bits per heavy atom. The zero-order chi connectivity index (χ0) is 23.9. The highest BCUT2D eigenvalue weighted by molar-refractivity contribution is 5.91. The Morgan fingerprint density at radius 2 is 1.88 bits per heavy atom. The summed E-state index contributed by atoms with van der Waals surface area (Å²) in [5.41, 5.74) is 2.82. The van der Waals surface area contributed by atoms with E-state index in [4.69, 9.17) is 9.47 Å². The third-order valence-corrected chi connectivity index (χ3v) is 5.84. The highest BCUT2D eigenvalue weighted by atomic mass is 16.6. The summed E-state index contributed by atoms with van der Waals surface area (Å²) in [4.78, 5) is 26.3. The number of hydrogen-bond donors (Lipinski definition) is 1. The lowest BCUT2D eigenvalue weighted by molar-refractivity contribution is -0.384. The zero-order valence-corrected chi connectivity index (χ0v) is 19.1. The molecule has 0 atom stereocenters. The van der Waals surface area contributed by atoms with Gasteiger partial charge in [-0.2, -0.15) is 0 Å². The standard InChI is InChI=1S/C25H28N4O5/c1-33-25(30)24-16-20(19-6-3-2-4-7-19)18-28(24)23-17-21(8-9-22(23)29(31)32)26-10-5-11-27-12-14-34-15-13-27/h2-4,6-9,16-18,26H,5,10-15H2,1H3. The van der Waals surface area contributed by atoms with Gasteiger partial charge in [-0.05, 0) is 36.7 Å². The molecular formula is C25H28N4O5. The first kappa shape index (κ1) is 23.5. The number of nitro benzene ring substituents is 1. The van der Waals surface area contributed by atoms with Crippen molar-refractivity contribution in [3.8, 4) is 16.8 Å². The maximum Gasteiger partial charge on any atom is 0.355 e. The predicted molar refractivity (Wildman–Crippen MR) is 130 cm³/mol. The van der Waals surface area contributed by atoms with Crippen molar-refractivity contribution in [3.05, 3.63) is 76.6 Å². The van der Waals surface area contributed by atoms with Crippen molar-refractivity contribution in [3.63, 3.8) is 0 Å². The Balaban J connectivity index is 1.61. The van der Waals surface area contributed by atoms with Crippen LogP contribution >= 0.6 is 0 Å².